The van der Waals surface area contributed by atoms with Gasteiger partial charge in [0.15, 0.2) is 5.65 Å². The quantitative estimate of drug-likeness (QED) is 0.804. The molecule has 0 aliphatic rings. The fraction of sp³-hybridized carbons (Fsp3) is 0.235. The number of ether oxygens (including phenoxy) is 1. The van der Waals surface area contributed by atoms with Crippen LogP contribution in [0.25, 0.3) is 5.65 Å². The highest BCUT2D eigenvalue weighted by Gasteiger charge is 2.09. The van der Waals surface area contributed by atoms with E-state index in [1.54, 1.807) is 17.8 Å². The van der Waals surface area contributed by atoms with Crippen molar-refractivity contribution in [1.29, 1.82) is 0 Å². The van der Waals surface area contributed by atoms with Crippen molar-refractivity contribution in [2.75, 3.05) is 12.4 Å². The lowest BCUT2D eigenvalue weighted by Crippen LogP contribution is -2.15. The molecule has 2 heterocycles. The van der Waals surface area contributed by atoms with Gasteiger partial charge in [-0.15, -0.1) is 0 Å². The first-order chi connectivity index (χ1) is 11.0. The average Bonchev–Trinajstić information content (AvgIpc) is 2.89. The first-order valence-corrected chi connectivity index (χ1v) is 7.31. The number of hydrogen-bond donors (Lipinski definition) is 1. The molecule has 3 aromatic rings. The summed E-state index contributed by atoms with van der Waals surface area (Å²) < 4.78 is 6.80. The summed E-state index contributed by atoms with van der Waals surface area (Å²) in [7, 11) is 1.62. The highest BCUT2D eigenvalue weighted by Crippen LogP contribution is 2.16. The molecular formula is C17H18N4O2. The van der Waals surface area contributed by atoms with Crippen molar-refractivity contribution in [2.24, 2.45) is 0 Å². The van der Waals surface area contributed by atoms with Crippen LogP contribution in [0.2, 0.25) is 0 Å². The van der Waals surface area contributed by atoms with Gasteiger partial charge in [0.2, 0.25) is 5.91 Å². The summed E-state index contributed by atoms with van der Waals surface area (Å²) in [5.41, 5.74) is 3.40. The molecule has 0 aliphatic carbocycles. The van der Waals surface area contributed by atoms with Gasteiger partial charge in [-0.2, -0.15) is 5.10 Å². The van der Waals surface area contributed by atoms with Crippen molar-refractivity contribution in [3.05, 3.63) is 53.5 Å². The molecule has 0 atom stereocenters. The molecular weight excluding hydrogens is 292 g/mol. The first-order valence-electron chi connectivity index (χ1n) is 7.31. The molecule has 0 bridgehead atoms. The van der Waals surface area contributed by atoms with E-state index in [1.807, 2.05) is 44.2 Å². The second-order valence-corrected chi connectivity index (χ2v) is 5.41. The number of pyridine rings is 1. The minimum atomic E-state index is -0.0780. The van der Waals surface area contributed by atoms with Crippen LogP contribution in [-0.2, 0) is 11.2 Å². The fourth-order valence-corrected chi connectivity index (χ4v) is 2.46. The van der Waals surface area contributed by atoms with E-state index in [9.17, 15) is 4.79 Å². The van der Waals surface area contributed by atoms with Crippen molar-refractivity contribution in [2.45, 2.75) is 20.3 Å². The van der Waals surface area contributed by atoms with Gasteiger partial charge in [0.1, 0.15) is 11.6 Å². The summed E-state index contributed by atoms with van der Waals surface area (Å²) in [4.78, 5) is 16.5. The van der Waals surface area contributed by atoms with Crippen LogP contribution in [0, 0.1) is 13.8 Å². The Labute approximate surface area is 134 Å². The van der Waals surface area contributed by atoms with E-state index in [4.69, 9.17) is 4.74 Å². The molecule has 0 saturated heterocycles. The van der Waals surface area contributed by atoms with Gasteiger partial charge in [-0.05, 0) is 43.2 Å². The van der Waals surface area contributed by atoms with Gasteiger partial charge < -0.3 is 10.1 Å². The average molecular weight is 310 g/mol. The van der Waals surface area contributed by atoms with E-state index in [2.05, 4.69) is 15.4 Å². The summed E-state index contributed by atoms with van der Waals surface area (Å²) in [5.74, 6) is 1.40. The van der Waals surface area contributed by atoms with Crippen LogP contribution in [0.1, 0.15) is 17.0 Å². The molecule has 0 radical (unpaired) electrons. The van der Waals surface area contributed by atoms with Crippen molar-refractivity contribution < 1.29 is 9.53 Å². The third-order valence-electron chi connectivity index (χ3n) is 3.53. The van der Waals surface area contributed by atoms with E-state index >= 15 is 0 Å². The molecule has 1 N–H and O–H groups in total. The summed E-state index contributed by atoms with van der Waals surface area (Å²) in [5, 5.41) is 7.19. The number of rotatable bonds is 4. The molecule has 23 heavy (non-hydrogen) atoms. The Kier molecular flexibility index (Phi) is 3.97. The Morgan fingerprint density at radius 3 is 2.70 bits per heavy atom. The lowest BCUT2D eigenvalue weighted by atomic mass is 10.1. The lowest BCUT2D eigenvalue weighted by molar-refractivity contribution is -0.115. The van der Waals surface area contributed by atoms with Gasteiger partial charge in [-0.3, -0.25) is 4.79 Å². The van der Waals surface area contributed by atoms with Crippen molar-refractivity contribution in [3.63, 3.8) is 0 Å². The molecule has 0 unspecified atom stereocenters. The normalized spacial score (nSPS) is 10.7. The highest BCUT2D eigenvalue weighted by molar-refractivity contribution is 5.92. The molecule has 6 nitrogen and oxygen atoms in total. The molecule has 0 saturated carbocycles. The number of aryl methyl sites for hydroxylation is 2. The molecule has 0 fully saturated rings. The van der Waals surface area contributed by atoms with E-state index in [0.29, 0.717) is 17.9 Å². The van der Waals surface area contributed by atoms with Crippen LogP contribution < -0.4 is 10.1 Å². The molecule has 0 aliphatic heterocycles. The first kappa shape index (κ1) is 15.0. The smallest absolute Gasteiger partial charge is 0.228 e. The van der Waals surface area contributed by atoms with Crippen LogP contribution in [-0.4, -0.2) is 27.6 Å². The number of amides is 1. The Morgan fingerprint density at radius 2 is 2.00 bits per heavy atom. The van der Waals surface area contributed by atoms with E-state index in [1.165, 1.54) is 0 Å². The summed E-state index contributed by atoms with van der Waals surface area (Å²) in [6, 6.07) is 9.35. The Bertz CT molecular complexity index is 853. The van der Waals surface area contributed by atoms with Gasteiger partial charge in [0.05, 0.1) is 25.4 Å². The number of carbonyl (C=O) groups excluding carboxylic acids is 1. The number of nitrogens with zero attached hydrogens (tertiary/aromatic N) is 3. The van der Waals surface area contributed by atoms with Gasteiger partial charge in [-0.1, -0.05) is 12.1 Å². The third kappa shape index (κ3) is 3.31. The number of methoxy groups -OCH3 is 1. The minimum absolute atomic E-state index is 0.0780. The SMILES string of the molecule is COc1ccc(CC(=O)Nc2cc(C)c3nc(C)nn3c2)cc1. The minimum Gasteiger partial charge on any atom is -0.497 e. The van der Waals surface area contributed by atoms with Crippen molar-refractivity contribution in [1.82, 2.24) is 14.6 Å². The Hall–Kier alpha value is -2.89. The summed E-state index contributed by atoms with van der Waals surface area (Å²) in [6.07, 6.45) is 2.08. The van der Waals surface area contributed by atoms with E-state index < -0.39 is 0 Å². The predicted molar refractivity (Wildman–Crippen MR) is 87.8 cm³/mol. The van der Waals surface area contributed by atoms with Gasteiger partial charge in [0, 0.05) is 0 Å². The maximum Gasteiger partial charge on any atom is 0.228 e. The van der Waals surface area contributed by atoms with Gasteiger partial charge in [-0.25, -0.2) is 9.50 Å². The number of benzene rings is 1. The number of aromatic nitrogens is 3. The van der Waals surface area contributed by atoms with Crippen molar-refractivity contribution >= 4 is 17.2 Å². The Morgan fingerprint density at radius 1 is 1.26 bits per heavy atom. The number of carbonyl (C=O) groups is 1. The zero-order valence-electron chi connectivity index (χ0n) is 13.3. The highest BCUT2D eigenvalue weighted by atomic mass is 16.5. The van der Waals surface area contributed by atoms with Gasteiger partial charge in [0.25, 0.3) is 0 Å². The standard InChI is InChI=1S/C17H18N4O2/c1-11-8-14(10-21-17(11)18-12(2)20-21)19-16(22)9-13-4-6-15(23-3)7-5-13/h4-8,10H,9H2,1-3H3,(H,19,22). The van der Waals surface area contributed by atoms with Crippen LogP contribution >= 0.6 is 0 Å². The summed E-state index contributed by atoms with van der Waals surface area (Å²) in [6.45, 7) is 3.79. The zero-order valence-corrected chi connectivity index (χ0v) is 13.3. The molecule has 0 spiro atoms. The third-order valence-corrected chi connectivity index (χ3v) is 3.53. The number of nitrogens with one attached hydrogen (secondary N) is 1. The topological polar surface area (TPSA) is 68.5 Å². The van der Waals surface area contributed by atoms with Crippen LogP contribution in [0.5, 0.6) is 5.75 Å². The fourth-order valence-electron chi connectivity index (χ4n) is 2.46. The second-order valence-electron chi connectivity index (χ2n) is 5.41. The monoisotopic (exact) mass is 310 g/mol. The molecule has 1 aromatic carbocycles. The summed E-state index contributed by atoms with van der Waals surface area (Å²) >= 11 is 0. The lowest BCUT2D eigenvalue weighted by Gasteiger charge is -2.07. The second kappa shape index (κ2) is 6.08. The van der Waals surface area contributed by atoms with E-state index in [0.717, 1.165) is 22.5 Å². The van der Waals surface area contributed by atoms with Crippen LogP contribution in [0.3, 0.4) is 0 Å². The van der Waals surface area contributed by atoms with Crippen molar-refractivity contribution in [3.8, 4) is 5.75 Å². The van der Waals surface area contributed by atoms with Gasteiger partial charge >= 0.3 is 0 Å². The molecule has 1 amide bonds. The maximum absolute atomic E-state index is 12.2. The van der Waals surface area contributed by atoms with Crippen LogP contribution in [0.4, 0.5) is 5.69 Å². The maximum atomic E-state index is 12.2. The molecule has 6 heteroatoms. The number of hydrogen-bond acceptors (Lipinski definition) is 4. The number of fused-ring (bicyclic) bond motifs is 1. The molecule has 3 rings (SSSR count). The number of anilines is 1. The Balaban J connectivity index is 1.74. The predicted octanol–water partition coefficient (Wildman–Crippen LogP) is 2.54. The zero-order chi connectivity index (χ0) is 16.4. The molecule has 118 valence electrons. The van der Waals surface area contributed by atoms with E-state index in [-0.39, 0.29) is 5.91 Å². The van der Waals surface area contributed by atoms with Crippen LogP contribution in [0.15, 0.2) is 36.5 Å². The largest absolute Gasteiger partial charge is 0.497 e. The molecule has 2 aromatic heterocycles.